The molecule has 0 bridgehead atoms. The van der Waals surface area contributed by atoms with Gasteiger partial charge < -0.3 is 5.32 Å². The summed E-state index contributed by atoms with van der Waals surface area (Å²) in [5, 5.41) is 5.72. The van der Waals surface area contributed by atoms with Crippen LogP contribution in [-0.2, 0) is 21.2 Å². The van der Waals surface area contributed by atoms with Crippen LogP contribution in [0.2, 0.25) is 0 Å². The number of rotatable bonds is 8. The van der Waals surface area contributed by atoms with Crippen molar-refractivity contribution in [2.24, 2.45) is 0 Å². The quantitative estimate of drug-likeness (QED) is 0.594. The Kier molecular flexibility index (Phi) is 6.79. The predicted molar refractivity (Wildman–Crippen MR) is 117 cm³/mol. The number of anilines is 1. The Labute approximate surface area is 175 Å². The highest BCUT2D eigenvalue weighted by molar-refractivity contribution is 7.88. The molecule has 6 nitrogen and oxygen atoms in total. The van der Waals surface area contributed by atoms with E-state index in [0.29, 0.717) is 12.1 Å². The molecule has 0 aliphatic carbocycles. The van der Waals surface area contributed by atoms with E-state index in [1.54, 1.807) is 17.4 Å². The van der Waals surface area contributed by atoms with Crippen molar-refractivity contribution < 1.29 is 13.2 Å². The molecule has 8 heteroatoms. The van der Waals surface area contributed by atoms with E-state index in [0.717, 1.165) is 28.1 Å². The van der Waals surface area contributed by atoms with Crippen molar-refractivity contribution in [1.29, 1.82) is 0 Å². The molecule has 0 atom stereocenters. The molecule has 3 aromatic rings. The van der Waals surface area contributed by atoms with Gasteiger partial charge in [-0.3, -0.25) is 4.79 Å². The van der Waals surface area contributed by atoms with E-state index in [9.17, 15) is 13.2 Å². The molecule has 2 aromatic carbocycles. The molecule has 0 saturated carbocycles. The topological polar surface area (TPSA) is 79.4 Å². The standard InChI is InChI=1S/C21H23N3O3S2/c1-16-22-20(15-28-16)18-9-6-10-19(13-18)23-21(25)14-24(29(2,26)27)12-11-17-7-4-3-5-8-17/h3-10,13,15H,11-12,14H2,1-2H3,(H,23,25). The fourth-order valence-corrected chi connectivity index (χ4v) is 4.27. The van der Waals surface area contributed by atoms with Crippen molar-refractivity contribution in [2.45, 2.75) is 13.3 Å². The molecule has 0 radical (unpaired) electrons. The highest BCUT2D eigenvalue weighted by Crippen LogP contribution is 2.24. The molecule has 0 fully saturated rings. The average Bonchev–Trinajstić information content (AvgIpc) is 3.12. The first-order valence-corrected chi connectivity index (χ1v) is 11.9. The fourth-order valence-electron chi connectivity index (χ4n) is 2.87. The van der Waals surface area contributed by atoms with Gasteiger partial charge in [0.05, 0.1) is 23.5 Å². The number of aromatic nitrogens is 1. The predicted octanol–water partition coefficient (Wildman–Crippen LogP) is 3.56. The summed E-state index contributed by atoms with van der Waals surface area (Å²) >= 11 is 1.56. The SMILES string of the molecule is Cc1nc(-c2cccc(NC(=O)CN(CCc3ccccc3)S(C)(=O)=O)c2)cs1. The maximum absolute atomic E-state index is 12.5. The second-order valence-electron chi connectivity index (χ2n) is 6.71. The van der Waals surface area contributed by atoms with Crippen LogP contribution in [0.3, 0.4) is 0 Å². The first kappa shape index (κ1) is 21.2. The molecule has 1 heterocycles. The number of sulfonamides is 1. The number of nitrogens with one attached hydrogen (secondary N) is 1. The zero-order valence-corrected chi connectivity index (χ0v) is 18.0. The number of thiazole rings is 1. The van der Waals surface area contributed by atoms with Crippen molar-refractivity contribution in [1.82, 2.24) is 9.29 Å². The van der Waals surface area contributed by atoms with Gasteiger partial charge in [-0.25, -0.2) is 13.4 Å². The second kappa shape index (κ2) is 9.30. The molecular weight excluding hydrogens is 406 g/mol. The van der Waals surface area contributed by atoms with Crippen molar-refractivity contribution in [3.05, 3.63) is 70.5 Å². The molecule has 0 spiro atoms. The average molecular weight is 430 g/mol. The largest absolute Gasteiger partial charge is 0.325 e. The van der Waals surface area contributed by atoms with Crippen LogP contribution in [0.4, 0.5) is 5.69 Å². The van der Waals surface area contributed by atoms with E-state index in [2.05, 4.69) is 10.3 Å². The number of nitrogens with zero attached hydrogens (tertiary/aromatic N) is 2. The van der Waals surface area contributed by atoms with Crippen LogP contribution < -0.4 is 5.32 Å². The van der Waals surface area contributed by atoms with Crippen LogP contribution in [0.1, 0.15) is 10.6 Å². The Hall–Kier alpha value is -2.55. The summed E-state index contributed by atoms with van der Waals surface area (Å²) < 4.78 is 25.4. The zero-order chi connectivity index (χ0) is 20.9. The van der Waals surface area contributed by atoms with Crippen molar-refractivity contribution >= 4 is 33.0 Å². The van der Waals surface area contributed by atoms with Crippen LogP contribution in [0.25, 0.3) is 11.3 Å². The van der Waals surface area contributed by atoms with Crippen LogP contribution in [-0.4, -0.2) is 43.0 Å². The molecule has 1 N–H and O–H groups in total. The van der Waals surface area contributed by atoms with Gasteiger partial charge in [0.25, 0.3) is 0 Å². The zero-order valence-electron chi connectivity index (χ0n) is 16.3. The lowest BCUT2D eigenvalue weighted by atomic mass is 10.1. The van der Waals surface area contributed by atoms with Crippen molar-refractivity contribution in [3.8, 4) is 11.3 Å². The molecule has 1 amide bonds. The maximum Gasteiger partial charge on any atom is 0.239 e. The minimum absolute atomic E-state index is 0.230. The van der Waals surface area contributed by atoms with Crippen molar-refractivity contribution in [3.63, 3.8) is 0 Å². The molecule has 0 aliphatic rings. The van der Waals surface area contributed by atoms with Gasteiger partial charge in [0, 0.05) is 23.2 Å². The number of amides is 1. The van der Waals surface area contributed by atoms with Crippen LogP contribution in [0.5, 0.6) is 0 Å². The lowest BCUT2D eigenvalue weighted by Gasteiger charge is -2.19. The minimum Gasteiger partial charge on any atom is -0.325 e. The summed E-state index contributed by atoms with van der Waals surface area (Å²) in [4.78, 5) is 17.0. The van der Waals surface area contributed by atoms with Gasteiger partial charge in [-0.15, -0.1) is 11.3 Å². The Balaban J connectivity index is 1.65. The molecule has 1 aromatic heterocycles. The number of carbonyl (C=O) groups excluding carboxylic acids is 1. The third-order valence-corrected chi connectivity index (χ3v) is 6.37. The lowest BCUT2D eigenvalue weighted by Crippen LogP contribution is -2.38. The molecule has 152 valence electrons. The second-order valence-corrected chi connectivity index (χ2v) is 9.76. The lowest BCUT2D eigenvalue weighted by molar-refractivity contribution is -0.116. The van der Waals surface area contributed by atoms with Gasteiger partial charge in [0.15, 0.2) is 0 Å². The monoisotopic (exact) mass is 429 g/mol. The molecule has 29 heavy (non-hydrogen) atoms. The summed E-state index contributed by atoms with van der Waals surface area (Å²) in [7, 11) is -3.51. The first-order chi connectivity index (χ1) is 13.8. The Bertz CT molecular complexity index is 1080. The minimum atomic E-state index is -3.51. The van der Waals surface area contributed by atoms with Crippen LogP contribution >= 0.6 is 11.3 Å². The molecular formula is C21H23N3O3S2. The van der Waals surface area contributed by atoms with Crippen LogP contribution in [0, 0.1) is 6.92 Å². The normalized spacial score (nSPS) is 11.6. The van der Waals surface area contributed by atoms with E-state index in [4.69, 9.17) is 0 Å². The van der Waals surface area contributed by atoms with E-state index < -0.39 is 10.0 Å². The Morgan fingerprint density at radius 1 is 1.14 bits per heavy atom. The summed E-state index contributed by atoms with van der Waals surface area (Å²) in [5.41, 5.74) is 3.38. The highest BCUT2D eigenvalue weighted by atomic mass is 32.2. The van der Waals surface area contributed by atoms with Gasteiger partial charge >= 0.3 is 0 Å². The molecule has 0 aliphatic heterocycles. The van der Waals surface area contributed by atoms with Gasteiger partial charge in [0.2, 0.25) is 15.9 Å². The van der Waals surface area contributed by atoms with Gasteiger partial charge in [-0.05, 0) is 31.0 Å². The summed E-state index contributed by atoms with van der Waals surface area (Å²) in [6.45, 7) is 1.95. The van der Waals surface area contributed by atoms with E-state index in [-0.39, 0.29) is 19.0 Å². The van der Waals surface area contributed by atoms with E-state index in [1.165, 1.54) is 4.31 Å². The summed E-state index contributed by atoms with van der Waals surface area (Å²) in [5.74, 6) is -0.380. The van der Waals surface area contributed by atoms with Gasteiger partial charge in [-0.2, -0.15) is 4.31 Å². The number of carbonyl (C=O) groups is 1. The first-order valence-electron chi connectivity index (χ1n) is 9.13. The van der Waals surface area contributed by atoms with E-state index >= 15 is 0 Å². The number of hydrogen-bond donors (Lipinski definition) is 1. The summed E-state index contributed by atoms with van der Waals surface area (Å²) in [6.07, 6.45) is 1.66. The summed E-state index contributed by atoms with van der Waals surface area (Å²) in [6, 6.07) is 17.0. The number of benzene rings is 2. The third-order valence-electron chi connectivity index (χ3n) is 4.34. The van der Waals surface area contributed by atoms with E-state index in [1.807, 2.05) is 60.8 Å². The Morgan fingerprint density at radius 2 is 1.90 bits per heavy atom. The third kappa shape index (κ3) is 6.22. The van der Waals surface area contributed by atoms with Crippen molar-refractivity contribution in [2.75, 3.05) is 24.7 Å². The van der Waals surface area contributed by atoms with Gasteiger partial charge in [0.1, 0.15) is 0 Å². The fraction of sp³-hybridized carbons (Fsp3) is 0.238. The maximum atomic E-state index is 12.5. The smallest absolute Gasteiger partial charge is 0.239 e. The molecule has 3 rings (SSSR count). The highest BCUT2D eigenvalue weighted by Gasteiger charge is 2.20. The van der Waals surface area contributed by atoms with Crippen LogP contribution in [0.15, 0.2) is 60.0 Å². The number of aryl methyl sites for hydroxylation is 1. The molecule has 0 unspecified atom stereocenters. The van der Waals surface area contributed by atoms with Gasteiger partial charge in [-0.1, -0.05) is 42.5 Å². The Morgan fingerprint density at radius 3 is 2.55 bits per heavy atom. The number of hydrogen-bond acceptors (Lipinski definition) is 5. The molecule has 0 saturated heterocycles.